The van der Waals surface area contributed by atoms with Gasteiger partial charge in [-0.3, -0.25) is 4.90 Å². The van der Waals surface area contributed by atoms with Crippen LogP contribution in [-0.2, 0) is 34.1 Å². The maximum atomic E-state index is 13.5. The summed E-state index contributed by atoms with van der Waals surface area (Å²) in [6.45, 7) is 4.21. The van der Waals surface area contributed by atoms with Crippen LogP contribution in [-0.4, -0.2) is 56.5 Å². The minimum Gasteiger partial charge on any atom is -0.380 e. The number of rotatable bonds is 4. The van der Waals surface area contributed by atoms with Gasteiger partial charge in [-0.05, 0) is 54.5 Å². The van der Waals surface area contributed by atoms with E-state index in [4.69, 9.17) is 4.74 Å². The SMILES string of the molecule is O=S(=O)(c1ccc2c(c1)CCC2)N1CCC2COCCN(Cc3ccccc3)C2C1. The molecular formula is C24H30N2O3S. The van der Waals surface area contributed by atoms with Crippen LogP contribution < -0.4 is 0 Å². The first-order chi connectivity index (χ1) is 14.6. The summed E-state index contributed by atoms with van der Waals surface area (Å²) < 4.78 is 34.6. The first-order valence-corrected chi connectivity index (χ1v) is 12.5. The van der Waals surface area contributed by atoms with Crippen molar-refractivity contribution in [1.82, 2.24) is 9.21 Å². The van der Waals surface area contributed by atoms with E-state index in [0.717, 1.165) is 45.4 Å². The summed E-state index contributed by atoms with van der Waals surface area (Å²) >= 11 is 0. The lowest BCUT2D eigenvalue weighted by Crippen LogP contribution is -2.54. The van der Waals surface area contributed by atoms with Crippen LogP contribution in [0.25, 0.3) is 0 Å². The van der Waals surface area contributed by atoms with Crippen molar-refractivity contribution in [3.05, 3.63) is 65.2 Å². The Balaban J connectivity index is 1.38. The van der Waals surface area contributed by atoms with E-state index in [-0.39, 0.29) is 6.04 Å². The van der Waals surface area contributed by atoms with Crippen LogP contribution in [0.3, 0.4) is 0 Å². The minimum absolute atomic E-state index is 0.186. The highest BCUT2D eigenvalue weighted by molar-refractivity contribution is 7.89. The van der Waals surface area contributed by atoms with Gasteiger partial charge in [-0.15, -0.1) is 0 Å². The second-order valence-electron chi connectivity index (χ2n) is 8.79. The number of aryl methyl sites for hydroxylation is 2. The zero-order valence-corrected chi connectivity index (χ0v) is 18.2. The Morgan fingerprint density at radius 2 is 1.83 bits per heavy atom. The molecule has 2 aromatic rings. The summed E-state index contributed by atoms with van der Waals surface area (Å²) in [6.07, 6.45) is 4.03. The van der Waals surface area contributed by atoms with E-state index in [1.807, 2.05) is 24.3 Å². The molecule has 2 atom stereocenters. The van der Waals surface area contributed by atoms with E-state index in [1.54, 1.807) is 4.31 Å². The molecule has 3 aliphatic rings. The molecule has 5 nitrogen and oxygen atoms in total. The van der Waals surface area contributed by atoms with Gasteiger partial charge in [0.15, 0.2) is 0 Å². The van der Waals surface area contributed by atoms with Gasteiger partial charge in [-0.25, -0.2) is 8.42 Å². The average Bonchev–Trinajstić information content (AvgIpc) is 3.15. The van der Waals surface area contributed by atoms with Crippen LogP contribution in [0, 0.1) is 5.92 Å². The van der Waals surface area contributed by atoms with Gasteiger partial charge in [0.2, 0.25) is 10.0 Å². The fraction of sp³-hybridized carbons (Fsp3) is 0.500. The largest absolute Gasteiger partial charge is 0.380 e. The molecule has 0 radical (unpaired) electrons. The molecule has 160 valence electrons. The number of nitrogens with zero attached hydrogens (tertiary/aromatic N) is 2. The van der Waals surface area contributed by atoms with Crippen molar-refractivity contribution < 1.29 is 13.2 Å². The van der Waals surface area contributed by atoms with Crippen molar-refractivity contribution >= 4 is 10.0 Å². The van der Waals surface area contributed by atoms with E-state index in [2.05, 4.69) is 29.2 Å². The first-order valence-electron chi connectivity index (χ1n) is 11.1. The summed E-state index contributed by atoms with van der Waals surface area (Å²) in [4.78, 5) is 2.89. The predicted molar refractivity (Wildman–Crippen MR) is 117 cm³/mol. The van der Waals surface area contributed by atoms with Gasteiger partial charge in [-0.2, -0.15) is 4.31 Å². The van der Waals surface area contributed by atoms with E-state index < -0.39 is 10.0 Å². The Bertz CT molecular complexity index is 993. The summed E-state index contributed by atoms with van der Waals surface area (Å²) in [5, 5.41) is 0. The van der Waals surface area contributed by atoms with Crippen LogP contribution >= 0.6 is 0 Å². The fourth-order valence-corrected chi connectivity index (χ4v) is 6.76. The number of benzene rings is 2. The number of hydrogen-bond acceptors (Lipinski definition) is 4. The molecule has 0 amide bonds. The first kappa shape index (κ1) is 20.2. The highest BCUT2D eigenvalue weighted by Crippen LogP contribution is 2.31. The molecule has 0 bridgehead atoms. The molecule has 6 heteroatoms. The standard InChI is InChI=1S/C24H30N2O3S/c27-30(28,23-10-9-20-7-4-8-21(20)15-23)26-12-11-22-18-29-14-13-25(24(22)17-26)16-19-5-2-1-3-6-19/h1-3,5-6,9-10,15,22,24H,4,7-8,11-14,16-18H2. The fourth-order valence-electron chi connectivity index (χ4n) is 5.23. The molecule has 2 fully saturated rings. The van der Waals surface area contributed by atoms with Crippen molar-refractivity contribution in [2.45, 2.75) is 43.2 Å². The number of fused-ring (bicyclic) bond motifs is 2. The van der Waals surface area contributed by atoms with Crippen LogP contribution in [0.5, 0.6) is 0 Å². The van der Waals surface area contributed by atoms with E-state index >= 15 is 0 Å². The van der Waals surface area contributed by atoms with Crippen LogP contribution in [0.1, 0.15) is 29.5 Å². The van der Waals surface area contributed by atoms with Crippen molar-refractivity contribution in [3.63, 3.8) is 0 Å². The molecule has 2 aliphatic heterocycles. The highest BCUT2D eigenvalue weighted by atomic mass is 32.2. The quantitative estimate of drug-likeness (QED) is 0.754. The molecule has 2 heterocycles. The van der Waals surface area contributed by atoms with Crippen LogP contribution in [0.2, 0.25) is 0 Å². The smallest absolute Gasteiger partial charge is 0.243 e. The number of hydrogen-bond donors (Lipinski definition) is 0. The molecular weight excluding hydrogens is 396 g/mol. The summed E-state index contributed by atoms with van der Waals surface area (Å²) in [5.74, 6) is 0.377. The summed E-state index contributed by atoms with van der Waals surface area (Å²) in [6, 6.07) is 16.4. The van der Waals surface area contributed by atoms with Gasteiger partial charge in [0.1, 0.15) is 0 Å². The highest BCUT2D eigenvalue weighted by Gasteiger charge is 2.39. The third kappa shape index (κ3) is 3.94. The Labute approximate surface area is 179 Å². The molecule has 2 unspecified atom stereocenters. The Morgan fingerprint density at radius 1 is 1.00 bits per heavy atom. The van der Waals surface area contributed by atoms with Crippen molar-refractivity contribution in [2.24, 2.45) is 5.92 Å². The maximum absolute atomic E-state index is 13.5. The molecule has 2 aromatic carbocycles. The third-order valence-electron chi connectivity index (χ3n) is 6.94. The second-order valence-corrected chi connectivity index (χ2v) is 10.7. The zero-order chi connectivity index (χ0) is 20.6. The molecule has 0 spiro atoms. The zero-order valence-electron chi connectivity index (χ0n) is 17.4. The van der Waals surface area contributed by atoms with Crippen molar-refractivity contribution in [1.29, 1.82) is 0 Å². The molecule has 1 aliphatic carbocycles. The van der Waals surface area contributed by atoms with Crippen LogP contribution in [0.15, 0.2) is 53.4 Å². The Morgan fingerprint density at radius 3 is 2.70 bits per heavy atom. The topological polar surface area (TPSA) is 49.9 Å². The van der Waals surface area contributed by atoms with E-state index in [1.165, 1.54) is 16.7 Å². The Hall–Kier alpha value is -1.73. The van der Waals surface area contributed by atoms with E-state index in [0.29, 0.717) is 30.5 Å². The van der Waals surface area contributed by atoms with Gasteiger partial charge < -0.3 is 4.74 Å². The lowest BCUT2D eigenvalue weighted by molar-refractivity contribution is 0.0766. The summed E-state index contributed by atoms with van der Waals surface area (Å²) in [5.41, 5.74) is 3.78. The maximum Gasteiger partial charge on any atom is 0.243 e. The average molecular weight is 427 g/mol. The van der Waals surface area contributed by atoms with Gasteiger partial charge >= 0.3 is 0 Å². The number of piperidine rings is 1. The lowest BCUT2D eigenvalue weighted by atomic mass is 9.92. The van der Waals surface area contributed by atoms with Gasteiger partial charge in [0, 0.05) is 38.1 Å². The Kier molecular flexibility index (Phi) is 5.67. The number of ether oxygens (including phenoxy) is 1. The normalized spacial score (nSPS) is 25.5. The monoisotopic (exact) mass is 426 g/mol. The molecule has 0 saturated carbocycles. The van der Waals surface area contributed by atoms with Gasteiger partial charge in [0.05, 0.1) is 18.1 Å². The van der Waals surface area contributed by atoms with Crippen molar-refractivity contribution in [2.75, 3.05) is 32.8 Å². The summed E-state index contributed by atoms with van der Waals surface area (Å²) in [7, 11) is -3.48. The molecule has 0 N–H and O–H groups in total. The number of sulfonamides is 1. The lowest BCUT2D eigenvalue weighted by Gasteiger charge is -2.42. The predicted octanol–water partition coefficient (Wildman–Crippen LogP) is 3.09. The third-order valence-corrected chi connectivity index (χ3v) is 8.81. The van der Waals surface area contributed by atoms with Crippen LogP contribution in [0.4, 0.5) is 0 Å². The van der Waals surface area contributed by atoms with Gasteiger partial charge in [-0.1, -0.05) is 36.4 Å². The minimum atomic E-state index is -3.48. The molecule has 2 saturated heterocycles. The molecule has 5 rings (SSSR count). The van der Waals surface area contributed by atoms with E-state index in [9.17, 15) is 8.42 Å². The van der Waals surface area contributed by atoms with Gasteiger partial charge in [0.25, 0.3) is 0 Å². The molecule has 0 aromatic heterocycles. The molecule has 30 heavy (non-hydrogen) atoms. The second kappa shape index (κ2) is 8.42. The van der Waals surface area contributed by atoms with Crippen molar-refractivity contribution in [3.8, 4) is 0 Å².